The Kier molecular flexibility index (Phi) is 5.93. The number of anilines is 2. The lowest BCUT2D eigenvalue weighted by Gasteiger charge is -2.35. The maximum atomic E-state index is 12.7. The number of piperazine rings is 1. The average Bonchev–Trinajstić information content (AvgIpc) is 3.48. The van der Waals surface area contributed by atoms with Crippen molar-refractivity contribution in [2.45, 2.75) is 25.7 Å². The number of carbonyl (C=O) groups is 3. The second-order valence-corrected chi connectivity index (χ2v) is 8.72. The first-order chi connectivity index (χ1) is 16.1. The second kappa shape index (κ2) is 9.17. The van der Waals surface area contributed by atoms with Gasteiger partial charge in [-0.25, -0.2) is 0 Å². The van der Waals surface area contributed by atoms with Crippen LogP contribution in [0, 0.1) is 0 Å². The highest BCUT2D eigenvalue weighted by atomic mass is 16.2. The van der Waals surface area contributed by atoms with Gasteiger partial charge in [0.1, 0.15) is 0 Å². The third kappa shape index (κ3) is 4.27. The van der Waals surface area contributed by atoms with E-state index in [1.807, 2.05) is 17.0 Å². The number of rotatable bonds is 6. The highest BCUT2D eigenvalue weighted by molar-refractivity contribution is 6.21. The fraction of sp³-hybridized carbons (Fsp3) is 0.458. The minimum Gasteiger partial charge on any atom is -0.355 e. The highest BCUT2D eigenvalue weighted by Crippen LogP contribution is 2.23. The molecule has 2 fully saturated rings. The SMILES string of the molecule is O=C(CCCN1C(=O)c2ccccc2C1=O)N1CCN(c2ccc(N3CCCC3)nn2)CC1. The number of fused-ring (bicyclic) bond motifs is 1. The van der Waals surface area contributed by atoms with Crippen LogP contribution in [0.3, 0.4) is 0 Å². The number of carbonyl (C=O) groups excluding carboxylic acids is 3. The normalized spacial score (nSPS) is 18.3. The van der Waals surface area contributed by atoms with Crippen molar-refractivity contribution in [3.63, 3.8) is 0 Å². The Hall–Kier alpha value is -3.49. The molecule has 5 rings (SSSR count). The summed E-state index contributed by atoms with van der Waals surface area (Å²) in [6, 6.07) is 10.9. The third-order valence-corrected chi connectivity index (χ3v) is 6.67. The maximum Gasteiger partial charge on any atom is 0.261 e. The summed E-state index contributed by atoms with van der Waals surface area (Å²) in [5.74, 6) is 1.29. The molecule has 4 heterocycles. The lowest BCUT2D eigenvalue weighted by molar-refractivity contribution is -0.131. The molecule has 2 saturated heterocycles. The molecule has 172 valence electrons. The molecule has 0 radical (unpaired) electrons. The Labute approximate surface area is 193 Å². The van der Waals surface area contributed by atoms with E-state index in [0.29, 0.717) is 50.1 Å². The molecule has 33 heavy (non-hydrogen) atoms. The molecule has 2 aromatic rings. The lowest BCUT2D eigenvalue weighted by Crippen LogP contribution is -2.49. The third-order valence-electron chi connectivity index (χ3n) is 6.67. The van der Waals surface area contributed by atoms with Gasteiger partial charge in [0.05, 0.1) is 11.1 Å². The topological polar surface area (TPSA) is 90.0 Å². The Balaban J connectivity index is 1.08. The molecule has 1 aromatic heterocycles. The van der Waals surface area contributed by atoms with E-state index < -0.39 is 0 Å². The fourth-order valence-electron chi connectivity index (χ4n) is 4.78. The minimum atomic E-state index is -0.270. The van der Waals surface area contributed by atoms with Gasteiger partial charge in [-0.05, 0) is 43.5 Å². The van der Waals surface area contributed by atoms with Gasteiger partial charge in [-0.15, -0.1) is 10.2 Å². The summed E-state index contributed by atoms with van der Waals surface area (Å²) in [7, 11) is 0. The molecule has 0 unspecified atom stereocenters. The Morgan fingerprint density at radius 3 is 1.85 bits per heavy atom. The molecule has 0 aliphatic carbocycles. The molecule has 0 N–H and O–H groups in total. The van der Waals surface area contributed by atoms with Crippen LogP contribution in [0.4, 0.5) is 11.6 Å². The number of imide groups is 1. The van der Waals surface area contributed by atoms with E-state index in [1.54, 1.807) is 24.3 Å². The Morgan fingerprint density at radius 2 is 1.30 bits per heavy atom. The predicted molar refractivity (Wildman–Crippen MR) is 123 cm³/mol. The van der Waals surface area contributed by atoms with Crippen LogP contribution < -0.4 is 9.80 Å². The zero-order valence-corrected chi connectivity index (χ0v) is 18.7. The van der Waals surface area contributed by atoms with Crippen LogP contribution in [0.2, 0.25) is 0 Å². The average molecular weight is 449 g/mol. The number of amides is 3. The minimum absolute atomic E-state index is 0.0572. The van der Waals surface area contributed by atoms with E-state index in [4.69, 9.17) is 0 Å². The quantitative estimate of drug-likeness (QED) is 0.623. The van der Waals surface area contributed by atoms with Crippen molar-refractivity contribution in [2.24, 2.45) is 0 Å². The predicted octanol–water partition coefficient (Wildman–Crippen LogP) is 1.80. The molecule has 3 aliphatic rings. The number of nitrogens with zero attached hydrogens (tertiary/aromatic N) is 6. The van der Waals surface area contributed by atoms with Crippen LogP contribution in [-0.2, 0) is 4.79 Å². The molecule has 0 bridgehead atoms. The van der Waals surface area contributed by atoms with E-state index >= 15 is 0 Å². The van der Waals surface area contributed by atoms with Gasteiger partial charge in [-0.3, -0.25) is 19.3 Å². The number of aromatic nitrogens is 2. The Morgan fingerprint density at radius 1 is 0.758 bits per heavy atom. The molecule has 0 atom stereocenters. The van der Waals surface area contributed by atoms with Crippen LogP contribution in [0.5, 0.6) is 0 Å². The van der Waals surface area contributed by atoms with Crippen molar-refractivity contribution in [3.05, 3.63) is 47.5 Å². The zero-order valence-electron chi connectivity index (χ0n) is 18.7. The van der Waals surface area contributed by atoms with Crippen molar-refractivity contribution in [2.75, 3.05) is 55.6 Å². The first kappa shape index (κ1) is 21.4. The smallest absolute Gasteiger partial charge is 0.261 e. The molecular weight excluding hydrogens is 420 g/mol. The monoisotopic (exact) mass is 448 g/mol. The van der Waals surface area contributed by atoms with E-state index in [-0.39, 0.29) is 24.3 Å². The molecule has 0 spiro atoms. The van der Waals surface area contributed by atoms with Gasteiger partial charge in [-0.1, -0.05) is 12.1 Å². The van der Waals surface area contributed by atoms with Gasteiger partial charge in [0.25, 0.3) is 11.8 Å². The molecule has 1 aromatic carbocycles. The standard InChI is InChI=1S/C24H28N6O3/c31-22(8-5-13-30-23(32)18-6-1-2-7-19(18)24(30)33)29-16-14-28(15-17-29)21-10-9-20(25-26-21)27-11-3-4-12-27/h1-2,6-7,9-10H,3-5,8,11-17H2. The number of hydrogen-bond acceptors (Lipinski definition) is 7. The van der Waals surface area contributed by atoms with Crippen molar-refractivity contribution in [1.29, 1.82) is 0 Å². The fourth-order valence-corrected chi connectivity index (χ4v) is 4.78. The van der Waals surface area contributed by atoms with Gasteiger partial charge in [0, 0.05) is 52.2 Å². The number of benzene rings is 1. The summed E-state index contributed by atoms with van der Waals surface area (Å²) in [6.45, 7) is 5.02. The van der Waals surface area contributed by atoms with E-state index in [2.05, 4.69) is 20.0 Å². The number of hydrogen-bond donors (Lipinski definition) is 0. The molecule has 9 nitrogen and oxygen atoms in total. The first-order valence-electron chi connectivity index (χ1n) is 11.7. The van der Waals surface area contributed by atoms with E-state index in [1.165, 1.54) is 17.7 Å². The summed E-state index contributed by atoms with van der Waals surface area (Å²) in [5.41, 5.74) is 0.892. The molecule has 3 aliphatic heterocycles. The maximum absolute atomic E-state index is 12.7. The van der Waals surface area contributed by atoms with Crippen molar-refractivity contribution >= 4 is 29.4 Å². The van der Waals surface area contributed by atoms with Gasteiger partial charge in [0.15, 0.2) is 11.6 Å². The van der Waals surface area contributed by atoms with Gasteiger partial charge in [-0.2, -0.15) is 0 Å². The van der Waals surface area contributed by atoms with Crippen LogP contribution in [-0.4, -0.2) is 83.5 Å². The van der Waals surface area contributed by atoms with Crippen molar-refractivity contribution < 1.29 is 14.4 Å². The molecule has 0 saturated carbocycles. The first-order valence-corrected chi connectivity index (χ1v) is 11.7. The summed E-state index contributed by atoms with van der Waals surface area (Å²) >= 11 is 0. The summed E-state index contributed by atoms with van der Waals surface area (Å²) in [4.78, 5) is 45.1. The summed E-state index contributed by atoms with van der Waals surface area (Å²) in [5, 5.41) is 8.79. The van der Waals surface area contributed by atoms with Gasteiger partial charge >= 0.3 is 0 Å². The van der Waals surface area contributed by atoms with Gasteiger partial charge in [0.2, 0.25) is 5.91 Å². The zero-order chi connectivity index (χ0) is 22.8. The summed E-state index contributed by atoms with van der Waals surface area (Å²) in [6.07, 6.45) is 3.20. The Bertz CT molecular complexity index is 1010. The van der Waals surface area contributed by atoms with Gasteiger partial charge < -0.3 is 14.7 Å². The molecular formula is C24H28N6O3. The van der Waals surface area contributed by atoms with Crippen LogP contribution in [0.25, 0.3) is 0 Å². The largest absolute Gasteiger partial charge is 0.355 e. The highest BCUT2D eigenvalue weighted by Gasteiger charge is 2.34. The van der Waals surface area contributed by atoms with Crippen LogP contribution in [0.1, 0.15) is 46.4 Å². The second-order valence-electron chi connectivity index (χ2n) is 8.72. The van der Waals surface area contributed by atoms with Crippen LogP contribution >= 0.6 is 0 Å². The van der Waals surface area contributed by atoms with Crippen LogP contribution in [0.15, 0.2) is 36.4 Å². The lowest BCUT2D eigenvalue weighted by atomic mass is 10.1. The van der Waals surface area contributed by atoms with E-state index in [9.17, 15) is 14.4 Å². The molecule has 9 heteroatoms. The van der Waals surface area contributed by atoms with Crippen molar-refractivity contribution in [3.8, 4) is 0 Å². The van der Waals surface area contributed by atoms with E-state index in [0.717, 1.165) is 24.7 Å². The molecule has 3 amide bonds. The summed E-state index contributed by atoms with van der Waals surface area (Å²) < 4.78 is 0. The van der Waals surface area contributed by atoms with Crippen molar-refractivity contribution in [1.82, 2.24) is 20.0 Å².